The van der Waals surface area contributed by atoms with Crippen LogP contribution in [0, 0.1) is 0 Å². The van der Waals surface area contributed by atoms with Crippen molar-refractivity contribution in [3.8, 4) is 11.5 Å². The third-order valence-corrected chi connectivity index (χ3v) is 5.61. The molecule has 0 saturated carbocycles. The number of piperidine rings is 1. The van der Waals surface area contributed by atoms with Crippen LogP contribution in [0.5, 0.6) is 11.5 Å². The lowest BCUT2D eigenvalue weighted by Gasteiger charge is -2.34. The molecule has 0 bridgehead atoms. The normalized spacial score (nSPS) is 17.7. The second-order valence-corrected chi connectivity index (χ2v) is 7.81. The number of hydrogen-bond donors (Lipinski definition) is 0. The van der Waals surface area contributed by atoms with Crippen molar-refractivity contribution in [1.29, 1.82) is 0 Å². The van der Waals surface area contributed by atoms with Gasteiger partial charge in [0.2, 0.25) is 0 Å². The van der Waals surface area contributed by atoms with Gasteiger partial charge in [0.15, 0.2) is 18.1 Å². The maximum atomic E-state index is 12.9. The lowest BCUT2D eigenvalue weighted by Crippen LogP contribution is -2.49. The summed E-state index contributed by atoms with van der Waals surface area (Å²) in [6, 6.07) is 4.92. The minimum atomic E-state index is -2.37. The largest absolute Gasteiger partial charge is 0.490 e. The number of piperazine rings is 1. The van der Waals surface area contributed by atoms with E-state index in [1.807, 2.05) is 11.8 Å². The fourth-order valence-corrected chi connectivity index (χ4v) is 3.91. The van der Waals surface area contributed by atoms with Crippen molar-refractivity contribution in [2.24, 2.45) is 0 Å². The monoisotopic (exact) mass is 439 g/mol. The number of benzene rings is 1. The molecule has 0 spiro atoms. The van der Waals surface area contributed by atoms with Gasteiger partial charge in [0, 0.05) is 44.8 Å². The van der Waals surface area contributed by atoms with Gasteiger partial charge in [0.25, 0.3) is 18.2 Å². The predicted molar refractivity (Wildman–Crippen MR) is 112 cm³/mol. The Hall–Kier alpha value is -2.42. The molecule has 3 rings (SSSR count). The van der Waals surface area contributed by atoms with Gasteiger partial charge in [-0.3, -0.25) is 14.5 Å². The first-order valence-corrected chi connectivity index (χ1v) is 10.9. The molecule has 172 valence electrons. The summed E-state index contributed by atoms with van der Waals surface area (Å²) in [6.45, 7) is 5.06. The highest BCUT2D eigenvalue weighted by Crippen LogP contribution is 2.29. The number of rotatable bonds is 8. The van der Waals surface area contributed by atoms with Gasteiger partial charge in [-0.2, -0.15) is 0 Å². The number of likely N-dealkylation sites (tertiary alicyclic amines) is 1. The molecule has 0 atom stereocenters. The van der Waals surface area contributed by atoms with Crippen molar-refractivity contribution < 1.29 is 27.8 Å². The van der Waals surface area contributed by atoms with Crippen LogP contribution in [0.4, 0.5) is 8.78 Å². The molecule has 1 aromatic rings. The molecule has 2 amide bonds. The first-order valence-electron chi connectivity index (χ1n) is 10.9. The summed E-state index contributed by atoms with van der Waals surface area (Å²) >= 11 is 0. The van der Waals surface area contributed by atoms with E-state index in [0.29, 0.717) is 49.8 Å². The Balaban J connectivity index is 1.60. The van der Waals surface area contributed by atoms with Gasteiger partial charge in [-0.05, 0) is 44.4 Å². The molecule has 7 nitrogen and oxygen atoms in total. The lowest BCUT2D eigenvalue weighted by molar-refractivity contribution is -0.134. The minimum Gasteiger partial charge on any atom is -0.490 e. The summed E-state index contributed by atoms with van der Waals surface area (Å²) in [6.07, 6.45) is 0.813. The zero-order valence-corrected chi connectivity index (χ0v) is 18.0. The predicted octanol–water partition coefficient (Wildman–Crippen LogP) is 2.50. The molecule has 2 aliphatic heterocycles. The van der Waals surface area contributed by atoms with E-state index in [0.717, 1.165) is 32.4 Å². The molecular formula is C22H31F2N3O4. The van der Waals surface area contributed by atoms with Crippen molar-refractivity contribution in [3.63, 3.8) is 0 Å². The Morgan fingerprint density at radius 1 is 0.935 bits per heavy atom. The number of carbonyl (C=O) groups is 2. The van der Waals surface area contributed by atoms with Crippen LogP contribution >= 0.6 is 0 Å². The van der Waals surface area contributed by atoms with Crippen LogP contribution < -0.4 is 9.47 Å². The molecule has 0 unspecified atom stereocenters. The third-order valence-electron chi connectivity index (χ3n) is 5.61. The minimum absolute atomic E-state index is 0.0519. The zero-order valence-electron chi connectivity index (χ0n) is 18.0. The van der Waals surface area contributed by atoms with E-state index >= 15 is 0 Å². The summed E-state index contributed by atoms with van der Waals surface area (Å²) < 4.78 is 36.4. The average Bonchev–Trinajstić information content (AvgIpc) is 2.78. The number of amides is 2. The molecule has 9 heteroatoms. The number of halogens is 2. The maximum absolute atomic E-state index is 12.9. The van der Waals surface area contributed by atoms with E-state index < -0.39 is 6.43 Å². The van der Waals surface area contributed by atoms with Gasteiger partial charge in [-0.1, -0.05) is 0 Å². The molecule has 0 aliphatic carbocycles. The van der Waals surface area contributed by atoms with E-state index in [-0.39, 0.29) is 25.0 Å². The first kappa shape index (κ1) is 23.2. The van der Waals surface area contributed by atoms with Gasteiger partial charge in [-0.15, -0.1) is 0 Å². The van der Waals surface area contributed by atoms with Crippen molar-refractivity contribution in [2.45, 2.75) is 32.6 Å². The number of ether oxygens (including phenoxy) is 2. The quantitative estimate of drug-likeness (QED) is 0.623. The third kappa shape index (κ3) is 6.53. The first-order chi connectivity index (χ1) is 15.0. The Morgan fingerprint density at radius 2 is 1.65 bits per heavy atom. The van der Waals surface area contributed by atoms with Crippen molar-refractivity contribution in [3.05, 3.63) is 23.8 Å². The Kier molecular flexibility index (Phi) is 8.45. The van der Waals surface area contributed by atoms with Gasteiger partial charge in [-0.25, -0.2) is 8.78 Å². The molecule has 2 aliphatic rings. The SMILES string of the molecule is CCOc1cc(C(=O)N2CCN(CC(F)F)CC2)ccc1OCC(=O)N1CCCCC1. The number of hydrogen-bond acceptors (Lipinski definition) is 5. The summed E-state index contributed by atoms with van der Waals surface area (Å²) in [5.41, 5.74) is 0.445. The Bertz CT molecular complexity index is 748. The Labute approximate surface area is 181 Å². The molecular weight excluding hydrogens is 408 g/mol. The van der Waals surface area contributed by atoms with E-state index in [4.69, 9.17) is 9.47 Å². The second-order valence-electron chi connectivity index (χ2n) is 7.81. The molecule has 2 fully saturated rings. The highest BCUT2D eigenvalue weighted by atomic mass is 19.3. The van der Waals surface area contributed by atoms with Crippen molar-refractivity contribution >= 4 is 11.8 Å². The highest BCUT2D eigenvalue weighted by Gasteiger charge is 2.25. The van der Waals surface area contributed by atoms with Crippen molar-refractivity contribution in [1.82, 2.24) is 14.7 Å². The number of alkyl halides is 2. The van der Waals surface area contributed by atoms with Gasteiger partial charge in [0.1, 0.15) is 0 Å². The summed E-state index contributed by atoms with van der Waals surface area (Å²) in [5, 5.41) is 0. The molecule has 1 aromatic carbocycles. The van der Waals surface area contributed by atoms with Gasteiger partial charge >= 0.3 is 0 Å². The van der Waals surface area contributed by atoms with Gasteiger partial charge < -0.3 is 19.3 Å². The lowest BCUT2D eigenvalue weighted by atomic mass is 10.1. The molecule has 2 heterocycles. The van der Waals surface area contributed by atoms with Crippen LogP contribution in [0.25, 0.3) is 0 Å². The zero-order chi connectivity index (χ0) is 22.2. The smallest absolute Gasteiger partial charge is 0.260 e. The van der Waals surface area contributed by atoms with E-state index in [1.165, 1.54) is 0 Å². The molecule has 0 N–H and O–H groups in total. The summed E-state index contributed by atoms with van der Waals surface area (Å²) in [7, 11) is 0. The standard InChI is InChI=1S/C22H31F2N3O4/c1-2-30-19-14-17(22(29)27-12-10-25(11-13-27)15-20(23)24)6-7-18(19)31-16-21(28)26-8-4-3-5-9-26/h6-7,14,20H,2-5,8-13,15-16H2,1H3. The maximum Gasteiger partial charge on any atom is 0.260 e. The molecule has 0 radical (unpaired) electrons. The van der Waals surface area contributed by atoms with Crippen LogP contribution in [-0.2, 0) is 4.79 Å². The average molecular weight is 440 g/mol. The van der Waals surface area contributed by atoms with Crippen LogP contribution in [0.1, 0.15) is 36.5 Å². The van der Waals surface area contributed by atoms with Crippen LogP contribution in [-0.4, -0.2) is 92.0 Å². The van der Waals surface area contributed by atoms with E-state index in [2.05, 4.69) is 0 Å². The molecule has 31 heavy (non-hydrogen) atoms. The second kappa shape index (κ2) is 11.3. The number of carbonyl (C=O) groups excluding carboxylic acids is 2. The molecule has 2 saturated heterocycles. The van der Waals surface area contributed by atoms with Crippen LogP contribution in [0.15, 0.2) is 18.2 Å². The fourth-order valence-electron chi connectivity index (χ4n) is 3.91. The number of nitrogens with zero attached hydrogens (tertiary/aromatic N) is 3. The van der Waals surface area contributed by atoms with Gasteiger partial charge in [0.05, 0.1) is 13.2 Å². The van der Waals surface area contributed by atoms with E-state index in [1.54, 1.807) is 28.0 Å². The van der Waals surface area contributed by atoms with Crippen molar-refractivity contribution in [2.75, 3.05) is 59.0 Å². The summed E-state index contributed by atoms with van der Waals surface area (Å²) in [5.74, 6) is 0.610. The molecule has 0 aromatic heterocycles. The van der Waals surface area contributed by atoms with Crippen LogP contribution in [0.3, 0.4) is 0 Å². The van der Waals surface area contributed by atoms with Crippen LogP contribution in [0.2, 0.25) is 0 Å². The highest BCUT2D eigenvalue weighted by molar-refractivity contribution is 5.95. The summed E-state index contributed by atoms with van der Waals surface area (Å²) in [4.78, 5) is 30.4. The fraction of sp³-hybridized carbons (Fsp3) is 0.636. The van der Waals surface area contributed by atoms with E-state index in [9.17, 15) is 18.4 Å². The topological polar surface area (TPSA) is 62.3 Å². The Morgan fingerprint density at radius 3 is 2.29 bits per heavy atom.